The first-order valence-corrected chi connectivity index (χ1v) is 20.9. The van der Waals surface area contributed by atoms with Crippen molar-refractivity contribution in [3.8, 4) is 22.3 Å². The summed E-state index contributed by atoms with van der Waals surface area (Å²) in [4.78, 5) is 2.53. The maximum absolute atomic E-state index is 6.46. The maximum Gasteiger partial charge on any atom is 0.145 e. The molecule has 1 heterocycles. The minimum atomic E-state index is -0.0529. The molecule has 0 aliphatic heterocycles. The van der Waals surface area contributed by atoms with Gasteiger partial charge in [0.2, 0.25) is 0 Å². The molecule has 0 fully saturated rings. The molecular weight excluding hydrogens is 715 g/mol. The van der Waals surface area contributed by atoms with Crippen LogP contribution in [0.15, 0.2) is 173 Å². The molecule has 2 heteroatoms. The lowest BCUT2D eigenvalue weighted by atomic mass is 9.78. The average molecular weight is 760 g/mol. The molecule has 0 saturated carbocycles. The monoisotopic (exact) mass is 759 g/mol. The van der Waals surface area contributed by atoms with Crippen molar-refractivity contribution >= 4 is 60.4 Å². The Labute approximate surface area is 346 Å². The van der Waals surface area contributed by atoms with Crippen molar-refractivity contribution in [1.29, 1.82) is 0 Å². The Kier molecular flexibility index (Phi) is 7.85. The van der Waals surface area contributed by atoms with E-state index in [1.807, 2.05) is 12.1 Å². The summed E-state index contributed by atoms with van der Waals surface area (Å²) in [5, 5.41) is 7.07. The fraction of sp³-hybridized carbons (Fsp3) is 0.158. The SMILES string of the molecule is CC(C)(C)c1ccc(-c2ccc(N(C3=CC4=C(CC3)C(C)(C)c3cc5ccccc5cc34)c3ccc4ccccc4c3-c3c#ccc4oc5ccccc5c34)cc2)cc1. The zero-order valence-electron chi connectivity index (χ0n) is 34.3. The van der Waals surface area contributed by atoms with Gasteiger partial charge in [-0.25, -0.2) is 0 Å². The van der Waals surface area contributed by atoms with Crippen LogP contribution < -0.4 is 4.90 Å². The van der Waals surface area contributed by atoms with E-state index < -0.39 is 0 Å². The average Bonchev–Trinajstić information content (AvgIpc) is 3.74. The number of fused-ring (bicyclic) bond motifs is 7. The third-order valence-electron chi connectivity index (χ3n) is 13.0. The molecule has 0 saturated heterocycles. The molecule has 8 aromatic carbocycles. The Morgan fingerprint density at radius 2 is 1.31 bits per heavy atom. The highest BCUT2D eigenvalue weighted by Crippen LogP contribution is 2.54. The number of hydrogen-bond acceptors (Lipinski definition) is 2. The third-order valence-corrected chi connectivity index (χ3v) is 13.0. The van der Waals surface area contributed by atoms with Crippen LogP contribution in [0, 0.1) is 12.1 Å². The molecule has 2 aliphatic carbocycles. The van der Waals surface area contributed by atoms with Crippen LogP contribution in [0.5, 0.6) is 0 Å². The smallest absolute Gasteiger partial charge is 0.145 e. The fourth-order valence-corrected chi connectivity index (χ4v) is 9.90. The van der Waals surface area contributed by atoms with Crippen LogP contribution in [0.2, 0.25) is 0 Å². The minimum absolute atomic E-state index is 0.0529. The zero-order valence-corrected chi connectivity index (χ0v) is 34.3. The lowest BCUT2D eigenvalue weighted by Crippen LogP contribution is -2.22. The molecule has 0 radical (unpaired) electrons. The second-order valence-corrected chi connectivity index (χ2v) is 17.9. The maximum atomic E-state index is 6.46. The van der Waals surface area contributed by atoms with Crippen LogP contribution in [-0.2, 0) is 10.8 Å². The first-order chi connectivity index (χ1) is 28.6. The van der Waals surface area contributed by atoms with E-state index >= 15 is 0 Å². The highest BCUT2D eigenvalue weighted by atomic mass is 16.3. The number of furan rings is 1. The lowest BCUT2D eigenvalue weighted by Gasteiger charge is -2.34. The second-order valence-electron chi connectivity index (χ2n) is 17.9. The summed E-state index contributed by atoms with van der Waals surface area (Å²) in [6.07, 6.45) is 4.40. The van der Waals surface area contributed by atoms with Gasteiger partial charge in [0.05, 0.1) is 5.69 Å². The molecule has 2 nitrogen and oxygen atoms in total. The van der Waals surface area contributed by atoms with Crippen molar-refractivity contribution in [3.63, 3.8) is 0 Å². The molecule has 0 bridgehead atoms. The van der Waals surface area contributed by atoms with Crippen LogP contribution in [0.4, 0.5) is 11.4 Å². The van der Waals surface area contributed by atoms with Crippen LogP contribution in [0.1, 0.15) is 64.2 Å². The largest absolute Gasteiger partial charge is 0.455 e. The van der Waals surface area contributed by atoms with Gasteiger partial charge in [0, 0.05) is 44.8 Å². The molecular formula is C57H45NO. The molecule has 0 atom stereocenters. The molecule has 0 amide bonds. The molecule has 0 N–H and O–H groups in total. The van der Waals surface area contributed by atoms with Crippen molar-refractivity contribution in [2.24, 2.45) is 0 Å². The van der Waals surface area contributed by atoms with Crippen LogP contribution in [-0.4, -0.2) is 0 Å². The Morgan fingerprint density at radius 3 is 2.05 bits per heavy atom. The van der Waals surface area contributed by atoms with E-state index in [-0.39, 0.29) is 10.8 Å². The van der Waals surface area contributed by atoms with E-state index in [4.69, 9.17) is 4.42 Å². The highest BCUT2D eigenvalue weighted by Gasteiger charge is 2.39. The number of anilines is 2. The fourth-order valence-electron chi connectivity index (χ4n) is 9.90. The van der Waals surface area contributed by atoms with Crippen molar-refractivity contribution in [2.45, 2.75) is 58.3 Å². The van der Waals surface area contributed by atoms with Crippen LogP contribution >= 0.6 is 0 Å². The van der Waals surface area contributed by atoms with E-state index in [9.17, 15) is 0 Å². The Hall–Kier alpha value is -6.82. The molecule has 2 aliphatic rings. The number of rotatable bonds is 5. The molecule has 1 aromatic heterocycles. The van der Waals surface area contributed by atoms with Gasteiger partial charge in [0.25, 0.3) is 0 Å². The zero-order chi connectivity index (χ0) is 40.0. The van der Waals surface area contributed by atoms with Gasteiger partial charge in [0.1, 0.15) is 11.2 Å². The van der Waals surface area contributed by atoms with Gasteiger partial charge in [0.15, 0.2) is 0 Å². The number of hydrogen-bond donors (Lipinski definition) is 0. The molecule has 0 spiro atoms. The van der Waals surface area contributed by atoms with Gasteiger partial charge in [-0.05, 0) is 116 Å². The summed E-state index contributed by atoms with van der Waals surface area (Å²) in [6.45, 7) is 11.6. The summed E-state index contributed by atoms with van der Waals surface area (Å²) in [5.74, 6) is 0. The molecule has 59 heavy (non-hydrogen) atoms. The summed E-state index contributed by atoms with van der Waals surface area (Å²) < 4.78 is 6.46. The van der Waals surface area contributed by atoms with Crippen molar-refractivity contribution in [1.82, 2.24) is 0 Å². The van der Waals surface area contributed by atoms with Gasteiger partial charge in [-0.15, -0.1) is 0 Å². The Bertz CT molecular complexity index is 3200. The number of benzene rings is 7. The first-order valence-electron chi connectivity index (χ1n) is 20.9. The third kappa shape index (κ3) is 5.64. The predicted molar refractivity (Wildman–Crippen MR) is 248 cm³/mol. The predicted octanol–water partition coefficient (Wildman–Crippen LogP) is 15.7. The van der Waals surface area contributed by atoms with Crippen molar-refractivity contribution in [2.75, 3.05) is 4.90 Å². The first kappa shape index (κ1) is 35.4. The second kappa shape index (κ2) is 13.1. The molecule has 284 valence electrons. The van der Waals surface area contributed by atoms with Gasteiger partial charge in [-0.3, -0.25) is 0 Å². The molecule has 0 unspecified atom stereocenters. The van der Waals surface area contributed by atoms with Crippen molar-refractivity contribution in [3.05, 3.63) is 198 Å². The lowest BCUT2D eigenvalue weighted by molar-refractivity contribution is 0.590. The summed E-state index contributed by atoms with van der Waals surface area (Å²) >= 11 is 0. The van der Waals surface area contributed by atoms with E-state index in [1.165, 1.54) is 66.2 Å². The number of allylic oxidation sites excluding steroid dienone is 4. The summed E-state index contributed by atoms with van der Waals surface area (Å²) in [7, 11) is 0. The highest BCUT2D eigenvalue weighted by molar-refractivity contribution is 6.17. The van der Waals surface area contributed by atoms with Gasteiger partial charge in [-0.1, -0.05) is 162 Å². The van der Waals surface area contributed by atoms with Gasteiger partial charge < -0.3 is 9.32 Å². The van der Waals surface area contributed by atoms with Gasteiger partial charge in [-0.2, -0.15) is 0 Å². The van der Waals surface area contributed by atoms with Gasteiger partial charge >= 0.3 is 0 Å². The summed E-state index contributed by atoms with van der Waals surface area (Å²) in [5.41, 5.74) is 16.8. The van der Waals surface area contributed by atoms with E-state index in [2.05, 4.69) is 197 Å². The Morgan fingerprint density at radius 1 is 0.644 bits per heavy atom. The Balaban J connectivity index is 1.15. The summed E-state index contributed by atoms with van der Waals surface area (Å²) in [6, 6.07) is 62.5. The normalized spacial score (nSPS) is 14.8. The number of nitrogens with zero attached hydrogens (tertiary/aromatic N) is 1. The van der Waals surface area contributed by atoms with E-state index in [0.717, 1.165) is 57.3 Å². The van der Waals surface area contributed by atoms with Crippen LogP contribution in [0.25, 0.3) is 71.3 Å². The van der Waals surface area contributed by atoms with Crippen LogP contribution in [0.3, 0.4) is 0 Å². The topological polar surface area (TPSA) is 16.4 Å². The minimum Gasteiger partial charge on any atom is -0.455 e. The van der Waals surface area contributed by atoms with Crippen molar-refractivity contribution < 1.29 is 4.42 Å². The molecule has 11 rings (SSSR count). The standard InChI is InChI=1S/C57H45NO/c1-56(2,3)41-26-21-36(22-27-41)37-23-28-42(29-24-37)58(43-30-31-49-48(35-43)47-33-39-14-6-7-15-40(39)34-50(47)57(49,4)5)51-32-25-38-13-8-9-16-44(38)54(51)46-18-12-20-53-55(46)45-17-10-11-19-52(45)59-53/h6-11,13-17,19-29,32-35H,30-31H2,1-5H3. The van der Waals surface area contributed by atoms with E-state index in [0.29, 0.717) is 0 Å². The molecule has 9 aromatic rings. The van der Waals surface area contributed by atoms with E-state index in [1.54, 1.807) is 0 Å². The number of para-hydroxylation sites is 1. The quantitative estimate of drug-likeness (QED) is 0.174.